The monoisotopic (exact) mass is 418 g/mol. The number of amides is 1. The molecule has 0 aliphatic carbocycles. The molecule has 1 aromatic rings. The SMILES string of the molecule is C#CCCOC(C)(C)C(=O)OCC(C)(COC(C)C)C(=O)NCCc1ccccn1. The van der Waals surface area contributed by atoms with Crippen LogP contribution in [0.2, 0.25) is 0 Å². The van der Waals surface area contributed by atoms with E-state index < -0.39 is 17.0 Å². The van der Waals surface area contributed by atoms with Crippen LogP contribution in [0, 0.1) is 17.8 Å². The number of carbonyl (C=O) groups excluding carboxylic acids is 2. The molecule has 0 spiro atoms. The van der Waals surface area contributed by atoms with E-state index in [1.165, 1.54) is 0 Å². The second kappa shape index (κ2) is 12.3. The third-order valence-corrected chi connectivity index (χ3v) is 4.40. The standard InChI is InChI=1S/C23H34N2O5/c1-7-8-15-30-22(4,5)21(27)29-17-23(6,16-28-18(2)3)20(26)25-14-12-19-11-9-10-13-24-19/h1,9-11,13,18H,8,12,14-17H2,2-6H3,(H,25,26). The lowest BCUT2D eigenvalue weighted by Gasteiger charge is -2.30. The van der Waals surface area contributed by atoms with Crippen LogP contribution in [-0.4, -0.2) is 54.9 Å². The minimum Gasteiger partial charge on any atom is -0.462 e. The molecule has 1 amide bonds. The number of esters is 1. The average molecular weight is 419 g/mol. The van der Waals surface area contributed by atoms with Gasteiger partial charge in [0.2, 0.25) is 5.91 Å². The van der Waals surface area contributed by atoms with Crippen molar-refractivity contribution in [1.82, 2.24) is 10.3 Å². The van der Waals surface area contributed by atoms with Crippen LogP contribution in [0.4, 0.5) is 0 Å². The van der Waals surface area contributed by atoms with Crippen LogP contribution in [0.15, 0.2) is 24.4 Å². The summed E-state index contributed by atoms with van der Waals surface area (Å²) in [5.41, 5.74) is -1.32. The number of ether oxygens (including phenoxy) is 3. The van der Waals surface area contributed by atoms with Gasteiger partial charge in [-0.15, -0.1) is 12.3 Å². The molecule has 0 aromatic carbocycles. The van der Waals surface area contributed by atoms with Gasteiger partial charge in [-0.3, -0.25) is 9.78 Å². The molecule has 0 radical (unpaired) electrons. The molecule has 0 saturated heterocycles. The van der Waals surface area contributed by atoms with Gasteiger partial charge in [-0.2, -0.15) is 0 Å². The summed E-state index contributed by atoms with van der Waals surface area (Å²) in [6.07, 6.45) is 7.86. The van der Waals surface area contributed by atoms with Gasteiger partial charge in [0.15, 0.2) is 5.60 Å². The van der Waals surface area contributed by atoms with Crippen molar-refractivity contribution in [2.24, 2.45) is 5.41 Å². The molecule has 1 unspecified atom stereocenters. The van der Waals surface area contributed by atoms with E-state index in [0.717, 1.165) is 5.69 Å². The maximum atomic E-state index is 12.9. The predicted octanol–water partition coefficient (Wildman–Crippen LogP) is 2.53. The molecule has 1 heterocycles. The van der Waals surface area contributed by atoms with Gasteiger partial charge in [0.25, 0.3) is 0 Å². The number of nitrogens with one attached hydrogen (secondary N) is 1. The van der Waals surface area contributed by atoms with Gasteiger partial charge in [0.05, 0.1) is 19.3 Å². The number of terminal acetylenes is 1. The first kappa shape index (κ1) is 25.6. The number of hydrogen-bond donors (Lipinski definition) is 1. The van der Waals surface area contributed by atoms with E-state index in [-0.39, 0.29) is 31.8 Å². The fourth-order valence-corrected chi connectivity index (χ4v) is 2.41. The first-order valence-electron chi connectivity index (χ1n) is 10.1. The first-order chi connectivity index (χ1) is 14.1. The van der Waals surface area contributed by atoms with E-state index in [2.05, 4.69) is 16.2 Å². The fourth-order valence-electron chi connectivity index (χ4n) is 2.41. The van der Waals surface area contributed by atoms with E-state index >= 15 is 0 Å². The van der Waals surface area contributed by atoms with E-state index in [9.17, 15) is 9.59 Å². The molecule has 7 nitrogen and oxygen atoms in total. The second-order valence-electron chi connectivity index (χ2n) is 8.14. The summed E-state index contributed by atoms with van der Waals surface area (Å²) in [4.78, 5) is 29.6. The van der Waals surface area contributed by atoms with E-state index in [1.807, 2.05) is 32.0 Å². The maximum Gasteiger partial charge on any atom is 0.337 e. The van der Waals surface area contributed by atoms with Gasteiger partial charge in [0, 0.05) is 31.3 Å². The zero-order chi connectivity index (χ0) is 22.6. The molecule has 1 N–H and O–H groups in total. The van der Waals surface area contributed by atoms with Gasteiger partial charge < -0.3 is 19.5 Å². The van der Waals surface area contributed by atoms with Crippen molar-refractivity contribution in [3.05, 3.63) is 30.1 Å². The summed E-state index contributed by atoms with van der Waals surface area (Å²) in [5.74, 6) is 1.65. The Morgan fingerprint density at radius 3 is 2.57 bits per heavy atom. The quantitative estimate of drug-likeness (QED) is 0.301. The van der Waals surface area contributed by atoms with E-state index in [0.29, 0.717) is 19.4 Å². The first-order valence-corrected chi connectivity index (χ1v) is 10.1. The van der Waals surface area contributed by atoms with Gasteiger partial charge in [-0.25, -0.2) is 4.79 Å². The van der Waals surface area contributed by atoms with Crippen LogP contribution in [0.1, 0.15) is 46.7 Å². The minimum absolute atomic E-state index is 0.0649. The molecule has 30 heavy (non-hydrogen) atoms. The average Bonchev–Trinajstić information content (AvgIpc) is 2.71. The van der Waals surface area contributed by atoms with Crippen molar-refractivity contribution in [2.75, 3.05) is 26.4 Å². The largest absolute Gasteiger partial charge is 0.462 e. The molecular formula is C23H34N2O5. The topological polar surface area (TPSA) is 86.8 Å². The van der Waals surface area contributed by atoms with Crippen molar-refractivity contribution in [3.8, 4) is 12.3 Å². The number of rotatable bonds is 13. The zero-order valence-electron chi connectivity index (χ0n) is 18.7. The lowest BCUT2D eigenvalue weighted by atomic mass is 9.91. The van der Waals surface area contributed by atoms with Crippen molar-refractivity contribution < 1.29 is 23.8 Å². The second-order valence-corrected chi connectivity index (χ2v) is 8.14. The van der Waals surface area contributed by atoms with Gasteiger partial charge in [0.1, 0.15) is 12.0 Å². The van der Waals surface area contributed by atoms with Crippen LogP contribution in [0.5, 0.6) is 0 Å². The molecule has 1 rings (SSSR count). The maximum absolute atomic E-state index is 12.9. The summed E-state index contributed by atoms with van der Waals surface area (Å²) < 4.78 is 16.6. The molecule has 1 aromatic heterocycles. The van der Waals surface area contributed by atoms with Crippen LogP contribution in [-0.2, 0) is 30.2 Å². The third kappa shape index (κ3) is 8.93. The van der Waals surface area contributed by atoms with Crippen molar-refractivity contribution in [3.63, 3.8) is 0 Å². The number of aromatic nitrogens is 1. The summed E-state index contributed by atoms with van der Waals surface area (Å²) in [5, 5.41) is 2.90. The van der Waals surface area contributed by atoms with Gasteiger partial charge in [-0.05, 0) is 46.8 Å². The van der Waals surface area contributed by atoms with E-state index in [4.69, 9.17) is 20.6 Å². The van der Waals surface area contributed by atoms with E-state index in [1.54, 1.807) is 27.0 Å². The van der Waals surface area contributed by atoms with Crippen LogP contribution >= 0.6 is 0 Å². The molecular weight excluding hydrogens is 384 g/mol. The Bertz CT molecular complexity index is 712. The summed E-state index contributed by atoms with van der Waals surface area (Å²) in [6.45, 7) is 9.36. The van der Waals surface area contributed by atoms with Gasteiger partial charge >= 0.3 is 5.97 Å². The molecule has 0 aliphatic rings. The normalized spacial score (nSPS) is 13.4. The number of hydrogen-bond acceptors (Lipinski definition) is 6. The number of pyridine rings is 1. The highest BCUT2D eigenvalue weighted by atomic mass is 16.6. The highest BCUT2D eigenvalue weighted by Gasteiger charge is 2.38. The highest BCUT2D eigenvalue weighted by molar-refractivity contribution is 5.83. The Kier molecular flexibility index (Phi) is 10.5. The molecule has 0 bridgehead atoms. The lowest BCUT2D eigenvalue weighted by molar-refractivity contribution is -0.174. The Balaban J connectivity index is 2.69. The molecule has 0 fully saturated rings. The summed E-state index contributed by atoms with van der Waals surface area (Å²) in [7, 11) is 0. The van der Waals surface area contributed by atoms with Crippen LogP contribution in [0.25, 0.3) is 0 Å². The lowest BCUT2D eigenvalue weighted by Crippen LogP contribution is -2.48. The predicted molar refractivity (Wildman–Crippen MR) is 115 cm³/mol. The van der Waals surface area contributed by atoms with Crippen molar-refractivity contribution >= 4 is 11.9 Å². The number of nitrogens with zero attached hydrogens (tertiary/aromatic N) is 1. The molecule has 0 saturated carbocycles. The zero-order valence-corrected chi connectivity index (χ0v) is 18.7. The Morgan fingerprint density at radius 1 is 1.23 bits per heavy atom. The molecule has 166 valence electrons. The minimum atomic E-state index is -1.16. The molecule has 0 aliphatic heterocycles. The van der Waals surface area contributed by atoms with Crippen molar-refractivity contribution in [1.29, 1.82) is 0 Å². The third-order valence-electron chi connectivity index (χ3n) is 4.40. The Morgan fingerprint density at radius 2 is 1.97 bits per heavy atom. The molecule has 7 heteroatoms. The van der Waals surface area contributed by atoms with Crippen LogP contribution in [0.3, 0.4) is 0 Å². The van der Waals surface area contributed by atoms with Crippen LogP contribution < -0.4 is 5.32 Å². The summed E-state index contributed by atoms with van der Waals surface area (Å²) >= 11 is 0. The summed E-state index contributed by atoms with van der Waals surface area (Å²) in [6, 6.07) is 5.64. The highest BCUT2D eigenvalue weighted by Crippen LogP contribution is 2.21. The fraction of sp³-hybridized carbons (Fsp3) is 0.609. The number of carbonyl (C=O) groups is 2. The molecule has 1 atom stereocenters. The Labute approximate surface area is 179 Å². The van der Waals surface area contributed by atoms with Gasteiger partial charge in [-0.1, -0.05) is 6.07 Å². The Hall–Kier alpha value is -2.43. The van der Waals surface area contributed by atoms with Crippen molar-refractivity contribution in [2.45, 2.75) is 59.2 Å². The smallest absolute Gasteiger partial charge is 0.337 e.